The van der Waals surface area contributed by atoms with Gasteiger partial charge in [0.25, 0.3) is 0 Å². The van der Waals surface area contributed by atoms with E-state index < -0.39 is 0 Å². The summed E-state index contributed by atoms with van der Waals surface area (Å²) in [5, 5.41) is 17.8. The molecule has 0 aliphatic carbocycles. The maximum atomic E-state index is 4.53. The first-order valence-corrected chi connectivity index (χ1v) is 15.3. The number of azo groups is 2. The lowest BCUT2D eigenvalue weighted by Crippen LogP contribution is -2.37. The molecule has 10 nitrogen and oxygen atoms in total. The monoisotopic (exact) mass is 603 g/mol. The topological polar surface area (TPSA) is 72.5 Å². The van der Waals surface area contributed by atoms with Crippen molar-refractivity contribution in [1.82, 2.24) is 4.57 Å². The van der Waals surface area contributed by atoms with Crippen LogP contribution >= 0.6 is 0 Å². The van der Waals surface area contributed by atoms with E-state index in [1.807, 2.05) is 101 Å². The minimum atomic E-state index is 0.839. The van der Waals surface area contributed by atoms with Gasteiger partial charge in [0.15, 0.2) is 18.9 Å². The second-order valence-electron chi connectivity index (χ2n) is 11.4. The molecule has 0 radical (unpaired) electrons. The van der Waals surface area contributed by atoms with Crippen LogP contribution in [-0.4, -0.2) is 32.8 Å². The summed E-state index contributed by atoms with van der Waals surface area (Å²) < 4.78 is 8.82. The molecule has 45 heavy (non-hydrogen) atoms. The van der Waals surface area contributed by atoms with Crippen LogP contribution in [0.3, 0.4) is 0 Å². The number of anilines is 2. The van der Waals surface area contributed by atoms with Gasteiger partial charge in [0.1, 0.15) is 23.8 Å². The molecule has 0 amide bonds. The quantitative estimate of drug-likeness (QED) is 0.107. The molecule has 3 aromatic heterocycles. The zero-order chi connectivity index (χ0) is 31.4. The van der Waals surface area contributed by atoms with Crippen molar-refractivity contribution in [3.63, 3.8) is 0 Å². The van der Waals surface area contributed by atoms with E-state index in [4.69, 9.17) is 0 Å². The predicted octanol–water partition coefficient (Wildman–Crippen LogP) is 6.49. The lowest BCUT2D eigenvalue weighted by molar-refractivity contribution is -0.726. The fourth-order valence-electron chi connectivity index (χ4n) is 4.88. The summed E-state index contributed by atoms with van der Waals surface area (Å²) in [7, 11) is 8.11. The maximum Gasteiger partial charge on any atom is 0.350 e. The summed E-state index contributed by atoms with van der Waals surface area (Å²) in [4.78, 5) is 4.14. The van der Waals surface area contributed by atoms with Crippen molar-refractivity contribution in [2.45, 2.75) is 39.0 Å². The van der Waals surface area contributed by atoms with Crippen LogP contribution in [-0.2, 0) is 26.2 Å². The van der Waals surface area contributed by atoms with Crippen molar-refractivity contribution < 1.29 is 13.7 Å². The average molecular weight is 604 g/mol. The van der Waals surface area contributed by atoms with Crippen LogP contribution in [0.2, 0.25) is 0 Å². The van der Waals surface area contributed by atoms with Crippen LogP contribution in [0.1, 0.15) is 12.8 Å². The second-order valence-corrected chi connectivity index (χ2v) is 11.4. The van der Waals surface area contributed by atoms with E-state index in [1.54, 1.807) is 0 Å². The van der Waals surface area contributed by atoms with E-state index in [2.05, 4.69) is 91.8 Å². The van der Waals surface area contributed by atoms with Crippen LogP contribution in [0.5, 0.6) is 0 Å². The van der Waals surface area contributed by atoms with E-state index in [1.165, 1.54) is 0 Å². The Balaban J connectivity index is 1.07. The minimum Gasteiger partial charge on any atom is -0.378 e. The van der Waals surface area contributed by atoms with Gasteiger partial charge in [0.2, 0.25) is 6.33 Å². The highest BCUT2D eigenvalue weighted by Gasteiger charge is 2.11. The number of aromatic nitrogens is 4. The van der Waals surface area contributed by atoms with Gasteiger partial charge in [-0.25, -0.2) is 18.3 Å². The molecule has 0 bridgehead atoms. The molecule has 0 unspecified atom stereocenters. The Morgan fingerprint density at radius 3 is 1.91 bits per heavy atom. The number of nitrogens with zero attached hydrogens (tertiary/aromatic N) is 10. The molecule has 0 N–H and O–H groups in total. The van der Waals surface area contributed by atoms with Gasteiger partial charge in [-0.1, -0.05) is 6.07 Å². The molecule has 2 aromatic carbocycles. The van der Waals surface area contributed by atoms with Gasteiger partial charge in [-0.3, -0.25) is 0 Å². The van der Waals surface area contributed by atoms with Crippen LogP contribution in [0.25, 0.3) is 0 Å². The first-order chi connectivity index (χ1) is 21.9. The van der Waals surface area contributed by atoms with E-state index >= 15 is 0 Å². The molecule has 3 heterocycles. The molecule has 0 saturated carbocycles. The fourth-order valence-corrected chi connectivity index (χ4v) is 4.88. The normalized spacial score (nSPS) is 11.5. The molecule has 0 atom stereocenters. The van der Waals surface area contributed by atoms with Gasteiger partial charge in [-0.2, -0.15) is 5.11 Å². The van der Waals surface area contributed by atoms with Crippen molar-refractivity contribution in [3.8, 4) is 0 Å². The molecule has 0 aliphatic rings. The molecule has 5 aromatic rings. The van der Waals surface area contributed by atoms with Crippen molar-refractivity contribution >= 4 is 34.3 Å². The van der Waals surface area contributed by atoms with E-state index in [9.17, 15) is 0 Å². The third-order valence-corrected chi connectivity index (χ3v) is 7.43. The Morgan fingerprint density at radius 2 is 1.22 bits per heavy atom. The van der Waals surface area contributed by atoms with Gasteiger partial charge in [-0.15, -0.1) is 5.11 Å². The molecule has 0 saturated heterocycles. The second kappa shape index (κ2) is 15.5. The summed E-state index contributed by atoms with van der Waals surface area (Å²) in [6.07, 6.45) is 14.7. The molecule has 230 valence electrons. The Bertz CT molecular complexity index is 1700. The maximum absolute atomic E-state index is 4.53. The van der Waals surface area contributed by atoms with Crippen molar-refractivity contribution in [2.24, 2.45) is 20.5 Å². The summed E-state index contributed by atoms with van der Waals surface area (Å²) >= 11 is 0. The molecule has 0 fully saturated rings. The highest BCUT2D eigenvalue weighted by Crippen LogP contribution is 2.21. The van der Waals surface area contributed by atoms with Gasteiger partial charge < -0.3 is 9.80 Å². The summed E-state index contributed by atoms with van der Waals surface area (Å²) in [5.41, 5.74) is 4.80. The number of pyridine rings is 2. The molecular weight excluding hydrogens is 560 g/mol. The van der Waals surface area contributed by atoms with Gasteiger partial charge in [0, 0.05) is 64.5 Å². The lowest BCUT2D eigenvalue weighted by atomic mass is 10.3. The standard InChI is InChI=1S/C35H43N10/c1-40(2)33-16-12-30(13-17-33)36-38-32-10-7-20-42(28-32)21-8-22-43-26-27-44(29-43)23-9-25-45-24-6-5-11-35(45)39-37-31-14-18-34(19-15-31)41(3)4/h5-7,10-20,24,26-29H,8-9,21-23,25H2,1-4H3/q+3. The zero-order valence-corrected chi connectivity index (χ0v) is 26.7. The highest BCUT2D eigenvalue weighted by atomic mass is 15.2. The number of aryl methyl sites for hydroxylation is 4. The average Bonchev–Trinajstić information content (AvgIpc) is 3.51. The van der Waals surface area contributed by atoms with E-state index in [0.717, 1.165) is 73.3 Å². The molecule has 5 rings (SSSR count). The Kier molecular flexibility index (Phi) is 10.7. The number of imidazole rings is 1. The van der Waals surface area contributed by atoms with Crippen LogP contribution < -0.4 is 23.5 Å². The largest absolute Gasteiger partial charge is 0.378 e. The minimum absolute atomic E-state index is 0.839. The lowest BCUT2D eigenvalue weighted by Gasteiger charge is -2.11. The Labute approximate surface area is 265 Å². The van der Waals surface area contributed by atoms with Crippen LogP contribution in [0.15, 0.2) is 137 Å². The molecule has 0 aliphatic heterocycles. The fraction of sp³-hybridized carbons (Fsp3) is 0.286. The molecule has 0 spiro atoms. The predicted molar refractivity (Wildman–Crippen MR) is 177 cm³/mol. The SMILES string of the molecule is CN(C)c1ccc(N=Nc2ccc[n+](CCC[n+]3ccn(CCC[n+]4ccccc4N=Nc4ccc(N(C)C)cc4)c3)c2)cc1. The number of hydrogen-bond acceptors (Lipinski definition) is 6. The number of benzene rings is 2. The van der Waals surface area contributed by atoms with Crippen LogP contribution in [0, 0.1) is 0 Å². The van der Waals surface area contributed by atoms with E-state index in [0.29, 0.717) is 0 Å². The summed E-state index contributed by atoms with van der Waals surface area (Å²) in [5.74, 6) is 0.846. The first-order valence-electron chi connectivity index (χ1n) is 15.3. The van der Waals surface area contributed by atoms with Crippen LogP contribution in [0.4, 0.5) is 34.3 Å². The van der Waals surface area contributed by atoms with Gasteiger partial charge in [0.05, 0.1) is 36.6 Å². The Morgan fingerprint density at radius 1 is 0.578 bits per heavy atom. The summed E-state index contributed by atoms with van der Waals surface area (Å²) in [6.45, 7) is 3.63. The van der Waals surface area contributed by atoms with Crippen molar-refractivity contribution in [3.05, 3.63) is 116 Å². The third-order valence-electron chi connectivity index (χ3n) is 7.43. The number of hydrogen-bond donors (Lipinski definition) is 0. The third kappa shape index (κ3) is 9.37. The zero-order valence-electron chi connectivity index (χ0n) is 26.7. The van der Waals surface area contributed by atoms with E-state index in [-0.39, 0.29) is 0 Å². The van der Waals surface area contributed by atoms with Crippen molar-refractivity contribution in [2.75, 3.05) is 38.0 Å². The Hall–Kier alpha value is -5.25. The van der Waals surface area contributed by atoms with Gasteiger partial charge >= 0.3 is 5.82 Å². The highest BCUT2D eigenvalue weighted by molar-refractivity contribution is 5.52. The molecular formula is C35H43N10+3. The molecule has 10 heteroatoms. The van der Waals surface area contributed by atoms with Gasteiger partial charge in [-0.05, 0) is 65.8 Å². The van der Waals surface area contributed by atoms with Crippen molar-refractivity contribution in [1.29, 1.82) is 0 Å². The summed E-state index contributed by atoms with van der Waals surface area (Å²) in [6, 6.07) is 26.2. The number of rotatable bonds is 14. The smallest absolute Gasteiger partial charge is 0.350 e. The first kappa shape index (κ1) is 31.2.